The minimum atomic E-state index is -0.547. The normalized spacial score (nSPS) is 12.3. The summed E-state index contributed by atoms with van der Waals surface area (Å²) < 4.78 is 25.9. The van der Waals surface area contributed by atoms with E-state index in [2.05, 4.69) is 26.1 Å². The topological polar surface area (TPSA) is 12.0 Å². The Balaban J connectivity index is 2.43. The van der Waals surface area contributed by atoms with Crippen LogP contribution in [0.4, 0.5) is 8.78 Å². The Morgan fingerprint density at radius 1 is 1.24 bits per heavy atom. The zero-order chi connectivity index (χ0) is 12.9. The summed E-state index contributed by atoms with van der Waals surface area (Å²) in [6.07, 6.45) is 4.38. The van der Waals surface area contributed by atoms with Crippen molar-refractivity contribution < 1.29 is 8.78 Å². The lowest BCUT2D eigenvalue weighted by Gasteiger charge is -2.19. The molecule has 0 saturated heterocycles. The summed E-state index contributed by atoms with van der Waals surface area (Å²) in [7, 11) is 0. The third kappa shape index (κ3) is 5.59. The largest absolute Gasteiger partial charge is 0.312 e. The molecule has 0 bridgehead atoms. The molecule has 1 nitrogen and oxygen atoms in total. The van der Waals surface area contributed by atoms with Crippen LogP contribution in [0.2, 0.25) is 0 Å². The zero-order valence-corrected chi connectivity index (χ0v) is 10.6. The van der Waals surface area contributed by atoms with E-state index in [9.17, 15) is 8.78 Å². The van der Waals surface area contributed by atoms with Gasteiger partial charge in [0.1, 0.15) is 11.6 Å². The molecule has 0 aliphatic heterocycles. The fraction of sp³-hybridized carbons (Fsp3) is 0.429. The van der Waals surface area contributed by atoms with Gasteiger partial charge in [-0.3, -0.25) is 0 Å². The first kappa shape index (κ1) is 13.8. The van der Waals surface area contributed by atoms with Gasteiger partial charge in [0.25, 0.3) is 0 Å². The van der Waals surface area contributed by atoms with E-state index in [0.717, 1.165) is 19.0 Å². The fourth-order valence-corrected chi connectivity index (χ4v) is 1.38. The van der Waals surface area contributed by atoms with E-state index in [1.54, 1.807) is 6.08 Å². The van der Waals surface area contributed by atoms with Gasteiger partial charge in [-0.1, -0.05) is 12.2 Å². The van der Waals surface area contributed by atoms with Crippen molar-refractivity contribution in [1.82, 2.24) is 5.32 Å². The second-order valence-corrected chi connectivity index (χ2v) is 5.03. The van der Waals surface area contributed by atoms with Gasteiger partial charge in [-0.25, -0.2) is 8.78 Å². The molecule has 0 spiro atoms. The maximum Gasteiger partial charge on any atom is 0.133 e. The first-order valence-electron chi connectivity index (χ1n) is 5.75. The molecule has 1 N–H and O–H groups in total. The standard InChI is InChI=1S/C14H19F2N/c1-14(2,3)17-9-5-4-6-11-7-8-12(15)10-13(11)16/h4,6-8,10,17H,5,9H2,1-3H3. The van der Waals surface area contributed by atoms with E-state index in [1.165, 1.54) is 12.1 Å². The smallest absolute Gasteiger partial charge is 0.133 e. The predicted molar refractivity (Wildman–Crippen MR) is 67.8 cm³/mol. The molecule has 0 amide bonds. The summed E-state index contributed by atoms with van der Waals surface area (Å²) in [6.45, 7) is 7.12. The number of nitrogens with one attached hydrogen (secondary N) is 1. The van der Waals surface area contributed by atoms with Gasteiger partial charge < -0.3 is 5.32 Å². The van der Waals surface area contributed by atoms with Gasteiger partial charge in [-0.2, -0.15) is 0 Å². The maximum atomic E-state index is 13.2. The Morgan fingerprint density at radius 2 is 1.94 bits per heavy atom. The quantitative estimate of drug-likeness (QED) is 0.789. The SMILES string of the molecule is CC(C)(C)NCCC=Cc1ccc(F)cc1F. The highest BCUT2D eigenvalue weighted by molar-refractivity contribution is 5.49. The molecule has 0 aromatic heterocycles. The monoisotopic (exact) mass is 239 g/mol. The molecular weight excluding hydrogens is 220 g/mol. The van der Waals surface area contributed by atoms with Crippen LogP contribution in [0.1, 0.15) is 32.8 Å². The molecule has 0 radical (unpaired) electrons. The van der Waals surface area contributed by atoms with Gasteiger partial charge in [0.05, 0.1) is 0 Å². The van der Waals surface area contributed by atoms with Crippen molar-refractivity contribution >= 4 is 6.08 Å². The Bertz CT molecular complexity index is 392. The number of benzene rings is 1. The van der Waals surface area contributed by atoms with Crippen LogP contribution in [0.25, 0.3) is 6.08 Å². The molecule has 3 heteroatoms. The Hall–Kier alpha value is -1.22. The number of halogens is 2. The zero-order valence-electron chi connectivity index (χ0n) is 10.6. The highest BCUT2D eigenvalue weighted by atomic mass is 19.1. The fourth-order valence-electron chi connectivity index (χ4n) is 1.38. The lowest BCUT2D eigenvalue weighted by molar-refractivity contribution is 0.431. The van der Waals surface area contributed by atoms with E-state index in [0.29, 0.717) is 5.56 Å². The Kier molecular flexibility index (Phi) is 4.82. The van der Waals surface area contributed by atoms with Crippen LogP contribution in [0.5, 0.6) is 0 Å². The summed E-state index contributed by atoms with van der Waals surface area (Å²) in [6, 6.07) is 3.60. The highest BCUT2D eigenvalue weighted by Gasteiger charge is 2.06. The molecular formula is C14H19F2N. The molecule has 1 aromatic rings. The lowest BCUT2D eigenvalue weighted by atomic mass is 10.1. The van der Waals surface area contributed by atoms with E-state index in [1.807, 2.05) is 6.08 Å². The molecule has 0 aliphatic rings. The molecule has 0 saturated carbocycles. The van der Waals surface area contributed by atoms with E-state index in [4.69, 9.17) is 0 Å². The molecule has 1 rings (SSSR count). The average Bonchev–Trinajstić information content (AvgIpc) is 2.18. The molecule has 1 aromatic carbocycles. The number of hydrogen-bond donors (Lipinski definition) is 1. The van der Waals surface area contributed by atoms with Crippen molar-refractivity contribution in [3.63, 3.8) is 0 Å². The van der Waals surface area contributed by atoms with Gasteiger partial charge in [-0.05, 0) is 45.9 Å². The Labute approximate surface area is 102 Å². The van der Waals surface area contributed by atoms with Crippen molar-refractivity contribution in [1.29, 1.82) is 0 Å². The van der Waals surface area contributed by atoms with Crippen LogP contribution in [-0.4, -0.2) is 12.1 Å². The molecule has 17 heavy (non-hydrogen) atoms. The van der Waals surface area contributed by atoms with Gasteiger partial charge in [-0.15, -0.1) is 0 Å². The highest BCUT2D eigenvalue weighted by Crippen LogP contribution is 2.11. The average molecular weight is 239 g/mol. The molecule has 94 valence electrons. The minimum absolute atomic E-state index is 0.0922. The molecule has 0 aliphatic carbocycles. The number of hydrogen-bond acceptors (Lipinski definition) is 1. The van der Waals surface area contributed by atoms with Crippen molar-refractivity contribution in [2.75, 3.05) is 6.54 Å². The summed E-state index contributed by atoms with van der Waals surface area (Å²) in [5, 5.41) is 3.33. The maximum absolute atomic E-state index is 13.2. The van der Waals surface area contributed by atoms with Crippen LogP contribution in [0.3, 0.4) is 0 Å². The minimum Gasteiger partial charge on any atom is -0.312 e. The van der Waals surface area contributed by atoms with E-state index < -0.39 is 11.6 Å². The first-order valence-corrected chi connectivity index (χ1v) is 5.75. The summed E-state index contributed by atoms with van der Waals surface area (Å²) in [4.78, 5) is 0. The van der Waals surface area contributed by atoms with Crippen LogP contribution in [0, 0.1) is 11.6 Å². The van der Waals surface area contributed by atoms with Gasteiger partial charge in [0.2, 0.25) is 0 Å². The Morgan fingerprint density at radius 3 is 2.53 bits per heavy atom. The summed E-state index contributed by atoms with van der Waals surface area (Å²) >= 11 is 0. The third-order valence-corrected chi connectivity index (χ3v) is 2.23. The van der Waals surface area contributed by atoms with Crippen molar-refractivity contribution in [2.45, 2.75) is 32.7 Å². The van der Waals surface area contributed by atoms with E-state index >= 15 is 0 Å². The van der Waals surface area contributed by atoms with Crippen LogP contribution < -0.4 is 5.32 Å². The number of rotatable bonds is 4. The van der Waals surface area contributed by atoms with Crippen molar-refractivity contribution in [3.05, 3.63) is 41.5 Å². The molecule has 0 heterocycles. The lowest BCUT2D eigenvalue weighted by Crippen LogP contribution is -2.36. The third-order valence-electron chi connectivity index (χ3n) is 2.23. The summed E-state index contributed by atoms with van der Waals surface area (Å²) in [5.41, 5.74) is 0.511. The van der Waals surface area contributed by atoms with Crippen molar-refractivity contribution in [2.24, 2.45) is 0 Å². The van der Waals surface area contributed by atoms with Gasteiger partial charge >= 0.3 is 0 Å². The van der Waals surface area contributed by atoms with Crippen LogP contribution >= 0.6 is 0 Å². The second kappa shape index (κ2) is 5.92. The van der Waals surface area contributed by atoms with Crippen molar-refractivity contribution in [3.8, 4) is 0 Å². The van der Waals surface area contributed by atoms with Gasteiger partial charge in [0.15, 0.2) is 0 Å². The van der Waals surface area contributed by atoms with E-state index in [-0.39, 0.29) is 5.54 Å². The molecule has 0 atom stereocenters. The second-order valence-electron chi connectivity index (χ2n) is 5.03. The predicted octanol–water partition coefficient (Wildman–Crippen LogP) is 3.76. The summed E-state index contributed by atoms with van der Waals surface area (Å²) in [5.74, 6) is -1.07. The van der Waals surface area contributed by atoms with Gasteiger partial charge in [0, 0.05) is 17.2 Å². The molecule has 0 unspecified atom stereocenters. The first-order chi connectivity index (χ1) is 7.88. The molecule has 0 fully saturated rings. The van der Waals surface area contributed by atoms with Crippen LogP contribution in [-0.2, 0) is 0 Å². The van der Waals surface area contributed by atoms with Crippen LogP contribution in [0.15, 0.2) is 24.3 Å².